The average Bonchev–Trinajstić information content (AvgIpc) is 2.67. The molecule has 1 aromatic carbocycles. The highest BCUT2D eigenvalue weighted by molar-refractivity contribution is 6.24. The average molecular weight is 270 g/mol. The largest absolute Gasteiger partial charge is 0.508 e. The van der Waals surface area contributed by atoms with Crippen molar-refractivity contribution >= 4 is 29.2 Å². The van der Waals surface area contributed by atoms with E-state index < -0.39 is 5.97 Å². The molecule has 18 heavy (non-hydrogen) atoms. The summed E-state index contributed by atoms with van der Waals surface area (Å²) < 4.78 is 4.63. The van der Waals surface area contributed by atoms with E-state index in [-0.39, 0.29) is 29.0 Å². The fourth-order valence-corrected chi connectivity index (χ4v) is 2.20. The molecule has 1 N–H and O–H groups in total. The van der Waals surface area contributed by atoms with Gasteiger partial charge in [0.25, 0.3) is 0 Å². The molecule has 1 aromatic rings. The van der Waals surface area contributed by atoms with Crippen molar-refractivity contribution in [1.82, 2.24) is 0 Å². The van der Waals surface area contributed by atoms with Gasteiger partial charge in [0.1, 0.15) is 5.75 Å². The van der Waals surface area contributed by atoms with Crippen molar-refractivity contribution in [1.29, 1.82) is 0 Å². The maximum Gasteiger partial charge on any atom is 0.340 e. The van der Waals surface area contributed by atoms with Gasteiger partial charge in [-0.25, -0.2) is 4.79 Å². The van der Waals surface area contributed by atoms with Crippen molar-refractivity contribution < 1.29 is 19.4 Å². The van der Waals surface area contributed by atoms with Gasteiger partial charge in [-0.1, -0.05) is 0 Å². The molecule has 6 heteroatoms. The van der Waals surface area contributed by atoms with Crippen LogP contribution in [-0.4, -0.2) is 36.0 Å². The van der Waals surface area contributed by atoms with E-state index in [1.165, 1.54) is 30.2 Å². The zero-order valence-corrected chi connectivity index (χ0v) is 10.5. The van der Waals surface area contributed by atoms with Crippen LogP contribution in [0.2, 0.25) is 0 Å². The second-order valence-corrected chi connectivity index (χ2v) is 4.62. The molecule has 1 atom stereocenters. The van der Waals surface area contributed by atoms with Crippen LogP contribution in [0.25, 0.3) is 0 Å². The third kappa shape index (κ3) is 2.26. The van der Waals surface area contributed by atoms with Gasteiger partial charge in [-0.15, -0.1) is 11.6 Å². The zero-order chi connectivity index (χ0) is 13.3. The minimum Gasteiger partial charge on any atom is -0.508 e. The van der Waals surface area contributed by atoms with Crippen LogP contribution in [0.3, 0.4) is 0 Å². The second kappa shape index (κ2) is 4.86. The van der Waals surface area contributed by atoms with Crippen molar-refractivity contribution in [3.8, 4) is 5.75 Å². The number of ether oxygens (including phenoxy) is 1. The highest BCUT2D eigenvalue weighted by atomic mass is 35.5. The normalized spacial score (nSPS) is 19.1. The molecule has 1 aliphatic rings. The Morgan fingerprint density at radius 3 is 2.83 bits per heavy atom. The second-order valence-electron chi connectivity index (χ2n) is 4.00. The van der Waals surface area contributed by atoms with Crippen LogP contribution < -0.4 is 4.90 Å². The summed E-state index contributed by atoms with van der Waals surface area (Å²) in [5.74, 6) is -0.814. The van der Waals surface area contributed by atoms with Gasteiger partial charge in [0.2, 0.25) is 5.91 Å². The van der Waals surface area contributed by atoms with Crippen LogP contribution in [0.1, 0.15) is 16.8 Å². The number of nitrogens with zero attached hydrogens (tertiary/aromatic N) is 1. The van der Waals surface area contributed by atoms with Crippen LogP contribution in [-0.2, 0) is 9.53 Å². The Kier molecular flexibility index (Phi) is 3.43. The van der Waals surface area contributed by atoms with Crippen LogP contribution in [0.4, 0.5) is 5.69 Å². The molecule has 1 aliphatic heterocycles. The third-order valence-electron chi connectivity index (χ3n) is 2.75. The Morgan fingerprint density at radius 1 is 1.56 bits per heavy atom. The number of esters is 1. The molecule has 0 bridgehead atoms. The van der Waals surface area contributed by atoms with E-state index in [4.69, 9.17) is 11.6 Å². The number of amides is 1. The number of aromatic hydroxyl groups is 1. The first kappa shape index (κ1) is 12.7. The molecule has 0 aromatic heterocycles. The Bertz CT molecular complexity index is 503. The van der Waals surface area contributed by atoms with Crippen molar-refractivity contribution in [2.45, 2.75) is 11.8 Å². The number of rotatable bonds is 2. The van der Waals surface area contributed by atoms with E-state index in [1.54, 1.807) is 0 Å². The van der Waals surface area contributed by atoms with Gasteiger partial charge in [-0.05, 0) is 18.2 Å². The highest BCUT2D eigenvalue weighted by Gasteiger charge is 2.31. The number of halogens is 1. The van der Waals surface area contributed by atoms with E-state index in [0.717, 1.165) is 0 Å². The van der Waals surface area contributed by atoms with Gasteiger partial charge in [0, 0.05) is 13.0 Å². The monoisotopic (exact) mass is 269 g/mol. The molecule has 0 spiro atoms. The number of phenolic OH excluding ortho intramolecular Hbond substituents is 1. The Labute approximate surface area is 109 Å². The van der Waals surface area contributed by atoms with E-state index in [0.29, 0.717) is 12.2 Å². The number of carbonyl (C=O) groups excluding carboxylic acids is 2. The molecule has 1 fully saturated rings. The smallest absolute Gasteiger partial charge is 0.340 e. The Morgan fingerprint density at radius 2 is 2.28 bits per heavy atom. The van der Waals surface area contributed by atoms with Crippen LogP contribution in [0, 0.1) is 0 Å². The molecule has 1 amide bonds. The van der Waals surface area contributed by atoms with E-state index in [2.05, 4.69) is 4.74 Å². The summed E-state index contributed by atoms with van der Waals surface area (Å²) in [6.07, 6.45) is 0.239. The number of hydrogen-bond donors (Lipinski definition) is 1. The number of methoxy groups -OCH3 is 1. The lowest BCUT2D eigenvalue weighted by molar-refractivity contribution is -0.117. The molecular weight excluding hydrogens is 258 g/mol. The lowest BCUT2D eigenvalue weighted by Crippen LogP contribution is -2.26. The molecule has 96 valence electrons. The van der Waals surface area contributed by atoms with Crippen LogP contribution >= 0.6 is 11.6 Å². The minimum atomic E-state index is -0.605. The molecule has 1 unspecified atom stereocenters. The van der Waals surface area contributed by atoms with Gasteiger partial charge in [0.05, 0.1) is 23.7 Å². The molecule has 0 saturated carbocycles. The lowest BCUT2D eigenvalue weighted by atomic mass is 10.1. The Hall–Kier alpha value is -1.75. The first-order valence-corrected chi connectivity index (χ1v) is 5.82. The zero-order valence-electron chi connectivity index (χ0n) is 9.72. The molecule has 0 aliphatic carbocycles. The van der Waals surface area contributed by atoms with E-state index >= 15 is 0 Å². The summed E-state index contributed by atoms with van der Waals surface area (Å²) >= 11 is 5.92. The number of benzene rings is 1. The number of phenols is 1. The summed E-state index contributed by atoms with van der Waals surface area (Å²) in [4.78, 5) is 24.8. The number of anilines is 1. The molecule has 1 saturated heterocycles. The molecule has 5 nitrogen and oxygen atoms in total. The predicted molar refractivity (Wildman–Crippen MR) is 66.1 cm³/mol. The number of carbonyl (C=O) groups is 2. The van der Waals surface area contributed by atoms with Crippen molar-refractivity contribution in [3.63, 3.8) is 0 Å². The first-order valence-electron chi connectivity index (χ1n) is 5.38. The Balaban J connectivity index is 2.44. The predicted octanol–water partition coefficient (Wildman–Crippen LogP) is 1.52. The van der Waals surface area contributed by atoms with Crippen LogP contribution in [0.5, 0.6) is 5.75 Å². The summed E-state index contributed by atoms with van der Waals surface area (Å²) in [5.41, 5.74) is 0.560. The van der Waals surface area contributed by atoms with Crippen molar-refractivity contribution in [3.05, 3.63) is 23.8 Å². The van der Waals surface area contributed by atoms with Crippen LogP contribution in [0.15, 0.2) is 18.2 Å². The fourth-order valence-electron chi connectivity index (χ4n) is 1.93. The van der Waals surface area contributed by atoms with E-state index in [9.17, 15) is 14.7 Å². The summed E-state index contributed by atoms with van der Waals surface area (Å²) in [7, 11) is 1.24. The van der Waals surface area contributed by atoms with E-state index in [1.807, 2.05) is 0 Å². The number of hydrogen-bond acceptors (Lipinski definition) is 4. The summed E-state index contributed by atoms with van der Waals surface area (Å²) in [5, 5.41) is 9.14. The highest BCUT2D eigenvalue weighted by Crippen LogP contribution is 2.30. The quantitative estimate of drug-likeness (QED) is 0.653. The third-order valence-corrected chi connectivity index (χ3v) is 3.05. The summed E-state index contributed by atoms with van der Waals surface area (Å²) in [6.45, 7) is 0.342. The van der Waals surface area contributed by atoms with Gasteiger partial charge >= 0.3 is 5.97 Å². The molecule has 2 rings (SSSR count). The molecule has 0 radical (unpaired) electrons. The molecule has 1 heterocycles. The standard InChI is InChI=1S/C12H12ClNO4/c1-18-12(17)9-5-8(15)2-3-10(9)14-6-7(13)4-11(14)16/h2-3,5,7,15H,4,6H2,1H3. The van der Waals surface area contributed by atoms with Crippen molar-refractivity contribution in [2.75, 3.05) is 18.6 Å². The fraction of sp³-hybridized carbons (Fsp3) is 0.333. The number of alkyl halides is 1. The maximum atomic E-state index is 11.8. The first-order chi connectivity index (χ1) is 8.52. The minimum absolute atomic E-state index is 0.0618. The van der Waals surface area contributed by atoms with Gasteiger partial charge in [-0.2, -0.15) is 0 Å². The topological polar surface area (TPSA) is 66.8 Å². The van der Waals surface area contributed by atoms with Gasteiger partial charge in [-0.3, -0.25) is 4.79 Å². The lowest BCUT2D eigenvalue weighted by Gasteiger charge is -2.19. The van der Waals surface area contributed by atoms with Crippen molar-refractivity contribution in [2.24, 2.45) is 0 Å². The maximum absolute atomic E-state index is 11.8. The SMILES string of the molecule is COC(=O)c1cc(O)ccc1N1CC(Cl)CC1=O. The van der Waals surface area contributed by atoms with Gasteiger partial charge in [0.15, 0.2) is 0 Å². The van der Waals surface area contributed by atoms with Gasteiger partial charge < -0.3 is 14.7 Å². The molecular formula is C12H12ClNO4. The summed E-state index contributed by atoms with van der Waals surface area (Å²) in [6, 6.07) is 4.20.